The molecule has 1 aromatic rings. The van der Waals surface area contributed by atoms with Crippen LogP contribution in [0.2, 0.25) is 10.2 Å². The molecule has 0 unspecified atom stereocenters. The summed E-state index contributed by atoms with van der Waals surface area (Å²) in [5, 5.41) is 0.357. The zero-order valence-corrected chi connectivity index (χ0v) is 10.2. The first-order chi connectivity index (χ1) is 6.93. The van der Waals surface area contributed by atoms with Crippen LogP contribution in [-0.4, -0.2) is 31.3 Å². The minimum Gasteiger partial charge on any atom is -0.240 e. The fourth-order valence-corrected chi connectivity index (χ4v) is 3.67. The number of hydrogen-bond donors (Lipinski definition) is 0. The lowest BCUT2D eigenvalue weighted by molar-refractivity contribution is 0.454. The molecule has 7 heteroatoms. The molecule has 0 aliphatic carbocycles. The van der Waals surface area contributed by atoms with Gasteiger partial charge in [0.25, 0.3) is 0 Å². The standard InChI is InChI=1S/C8H8Cl2N2O2S/c1-12-3-2-6-8(15(12,13)14)5(9)4-7(10)11-6/h4H,2-3H2,1H3. The molecule has 2 heterocycles. The van der Waals surface area contributed by atoms with Gasteiger partial charge in [0.05, 0.1) is 10.7 Å². The Kier molecular flexibility index (Phi) is 2.66. The Morgan fingerprint density at radius 1 is 1.47 bits per heavy atom. The Morgan fingerprint density at radius 2 is 2.13 bits per heavy atom. The predicted molar refractivity (Wildman–Crippen MR) is 57.8 cm³/mol. The lowest BCUT2D eigenvalue weighted by Gasteiger charge is -2.24. The van der Waals surface area contributed by atoms with Gasteiger partial charge < -0.3 is 0 Å². The largest absolute Gasteiger partial charge is 0.246 e. The van der Waals surface area contributed by atoms with Gasteiger partial charge in [-0.25, -0.2) is 17.7 Å². The van der Waals surface area contributed by atoms with E-state index in [1.165, 1.54) is 17.4 Å². The molecular formula is C8H8Cl2N2O2S. The van der Waals surface area contributed by atoms with Crippen molar-refractivity contribution in [3.8, 4) is 0 Å². The lowest BCUT2D eigenvalue weighted by atomic mass is 10.2. The SMILES string of the molecule is CN1CCc2nc(Cl)cc(Cl)c2S1(=O)=O. The second-order valence-electron chi connectivity index (χ2n) is 3.28. The van der Waals surface area contributed by atoms with Crippen molar-refractivity contribution in [1.29, 1.82) is 0 Å². The first-order valence-corrected chi connectivity index (χ1v) is 6.44. The molecule has 0 spiro atoms. The second-order valence-corrected chi connectivity index (χ2v) is 6.06. The van der Waals surface area contributed by atoms with Crippen LogP contribution in [-0.2, 0) is 16.4 Å². The molecule has 0 atom stereocenters. The Bertz CT molecular complexity index is 516. The van der Waals surface area contributed by atoms with E-state index in [1.807, 2.05) is 0 Å². The number of sulfonamides is 1. The van der Waals surface area contributed by atoms with Crippen molar-refractivity contribution < 1.29 is 8.42 Å². The molecule has 15 heavy (non-hydrogen) atoms. The molecule has 1 aliphatic rings. The highest BCUT2D eigenvalue weighted by molar-refractivity contribution is 7.89. The summed E-state index contributed by atoms with van der Waals surface area (Å²) in [4.78, 5) is 4.07. The van der Waals surface area contributed by atoms with E-state index in [-0.39, 0.29) is 15.1 Å². The van der Waals surface area contributed by atoms with Crippen LogP contribution in [0.1, 0.15) is 5.69 Å². The summed E-state index contributed by atoms with van der Waals surface area (Å²) in [6.07, 6.45) is 0.533. The number of fused-ring (bicyclic) bond motifs is 1. The molecular weight excluding hydrogens is 259 g/mol. The summed E-state index contributed by atoms with van der Waals surface area (Å²) in [5.74, 6) is 0. The van der Waals surface area contributed by atoms with Gasteiger partial charge >= 0.3 is 0 Å². The summed E-state index contributed by atoms with van der Waals surface area (Å²) in [6.45, 7) is 0.402. The van der Waals surface area contributed by atoms with Gasteiger partial charge in [-0.1, -0.05) is 23.2 Å². The van der Waals surface area contributed by atoms with E-state index in [0.717, 1.165) is 0 Å². The number of pyridine rings is 1. The van der Waals surface area contributed by atoms with E-state index in [1.54, 1.807) is 0 Å². The van der Waals surface area contributed by atoms with Gasteiger partial charge in [-0.2, -0.15) is 0 Å². The Morgan fingerprint density at radius 3 is 2.80 bits per heavy atom. The maximum Gasteiger partial charge on any atom is 0.246 e. The van der Waals surface area contributed by atoms with Crippen LogP contribution < -0.4 is 0 Å². The molecule has 0 radical (unpaired) electrons. The lowest BCUT2D eigenvalue weighted by Crippen LogP contribution is -2.34. The van der Waals surface area contributed by atoms with Crippen LogP contribution in [0.5, 0.6) is 0 Å². The van der Waals surface area contributed by atoms with Crippen LogP contribution in [0.25, 0.3) is 0 Å². The van der Waals surface area contributed by atoms with E-state index in [9.17, 15) is 8.42 Å². The van der Waals surface area contributed by atoms with E-state index in [4.69, 9.17) is 23.2 Å². The van der Waals surface area contributed by atoms with E-state index in [0.29, 0.717) is 18.7 Å². The highest BCUT2D eigenvalue weighted by Gasteiger charge is 2.32. The molecule has 0 fully saturated rings. The zero-order valence-electron chi connectivity index (χ0n) is 7.87. The summed E-state index contributed by atoms with van der Waals surface area (Å²) in [7, 11) is -1.97. The Hall–Kier alpha value is -0.360. The molecule has 0 saturated carbocycles. The fourth-order valence-electron chi connectivity index (χ4n) is 1.50. The second kappa shape index (κ2) is 3.59. The average Bonchev–Trinajstić information content (AvgIpc) is 2.10. The maximum absolute atomic E-state index is 11.9. The molecule has 82 valence electrons. The number of likely N-dealkylation sites (N-methyl/N-ethyl adjacent to an activating group) is 1. The molecule has 4 nitrogen and oxygen atoms in total. The van der Waals surface area contributed by atoms with Crippen molar-refractivity contribution in [2.75, 3.05) is 13.6 Å². The summed E-state index contributed by atoms with van der Waals surface area (Å²) < 4.78 is 25.0. The zero-order chi connectivity index (χ0) is 11.2. The van der Waals surface area contributed by atoms with Crippen LogP contribution in [0.3, 0.4) is 0 Å². The van der Waals surface area contributed by atoms with E-state index >= 15 is 0 Å². The van der Waals surface area contributed by atoms with Crippen LogP contribution >= 0.6 is 23.2 Å². The monoisotopic (exact) mass is 266 g/mol. The van der Waals surface area contributed by atoms with Gasteiger partial charge in [-0.05, 0) is 6.07 Å². The Labute approximate surface area is 97.9 Å². The maximum atomic E-state index is 11.9. The number of nitrogens with zero attached hydrogens (tertiary/aromatic N) is 2. The Balaban J connectivity index is 2.75. The molecule has 0 N–H and O–H groups in total. The molecule has 0 saturated heterocycles. The molecule has 1 aliphatic heterocycles. The van der Waals surface area contributed by atoms with Crippen LogP contribution in [0.15, 0.2) is 11.0 Å². The number of halogens is 2. The van der Waals surface area contributed by atoms with Gasteiger partial charge in [0.15, 0.2) is 0 Å². The summed E-state index contributed by atoms with van der Waals surface area (Å²) >= 11 is 11.6. The van der Waals surface area contributed by atoms with Gasteiger partial charge in [-0.3, -0.25) is 0 Å². The third-order valence-electron chi connectivity index (χ3n) is 2.30. The summed E-state index contributed by atoms with van der Waals surface area (Å²) in [5.41, 5.74) is 0.450. The molecule has 0 amide bonds. The summed E-state index contributed by atoms with van der Waals surface area (Å²) in [6, 6.07) is 1.35. The molecule has 2 rings (SSSR count). The minimum atomic E-state index is -3.49. The highest BCUT2D eigenvalue weighted by Crippen LogP contribution is 2.32. The van der Waals surface area contributed by atoms with Crippen LogP contribution in [0, 0.1) is 0 Å². The van der Waals surface area contributed by atoms with Crippen molar-refractivity contribution in [2.45, 2.75) is 11.3 Å². The smallest absolute Gasteiger partial charge is 0.240 e. The van der Waals surface area contributed by atoms with Crippen molar-refractivity contribution in [3.05, 3.63) is 21.9 Å². The van der Waals surface area contributed by atoms with Crippen molar-refractivity contribution >= 4 is 33.2 Å². The third-order valence-corrected chi connectivity index (χ3v) is 4.88. The van der Waals surface area contributed by atoms with Crippen molar-refractivity contribution in [1.82, 2.24) is 9.29 Å². The quantitative estimate of drug-likeness (QED) is 0.670. The first-order valence-electron chi connectivity index (χ1n) is 4.24. The molecule has 0 aromatic carbocycles. The van der Waals surface area contributed by atoms with Crippen LogP contribution in [0.4, 0.5) is 0 Å². The third kappa shape index (κ3) is 1.73. The van der Waals surface area contributed by atoms with Crippen molar-refractivity contribution in [3.63, 3.8) is 0 Å². The number of aromatic nitrogens is 1. The molecule has 0 bridgehead atoms. The number of rotatable bonds is 0. The topological polar surface area (TPSA) is 50.3 Å². The van der Waals surface area contributed by atoms with E-state index < -0.39 is 10.0 Å². The van der Waals surface area contributed by atoms with Gasteiger partial charge in [0.1, 0.15) is 10.0 Å². The number of hydrogen-bond acceptors (Lipinski definition) is 3. The normalized spacial score (nSPS) is 19.9. The van der Waals surface area contributed by atoms with E-state index in [2.05, 4.69) is 4.98 Å². The predicted octanol–water partition coefficient (Wildman–Crippen LogP) is 1.57. The first kappa shape index (κ1) is 11.1. The van der Waals surface area contributed by atoms with Crippen molar-refractivity contribution in [2.24, 2.45) is 0 Å². The van der Waals surface area contributed by atoms with Gasteiger partial charge in [0, 0.05) is 20.0 Å². The molecule has 1 aromatic heterocycles. The fraction of sp³-hybridized carbons (Fsp3) is 0.375. The minimum absolute atomic E-state index is 0.0855. The van der Waals surface area contributed by atoms with Gasteiger partial charge in [0.2, 0.25) is 10.0 Å². The van der Waals surface area contributed by atoms with Gasteiger partial charge in [-0.15, -0.1) is 0 Å². The highest BCUT2D eigenvalue weighted by atomic mass is 35.5. The average molecular weight is 267 g/mol.